The molecule has 0 amide bonds. The van der Waals surface area contributed by atoms with Crippen LogP contribution in [-0.4, -0.2) is 43.2 Å². The van der Waals surface area contributed by atoms with Crippen LogP contribution in [0.5, 0.6) is 5.75 Å². The van der Waals surface area contributed by atoms with Gasteiger partial charge in [-0.1, -0.05) is 115 Å². The number of rotatable bonds is 27. The molecule has 0 aliphatic heterocycles. The maximum atomic E-state index is 10.8. The molecule has 0 aliphatic carbocycles. The van der Waals surface area contributed by atoms with E-state index in [1.54, 1.807) is 24.3 Å². The van der Waals surface area contributed by atoms with E-state index in [4.69, 9.17) is 4.74 Å². The third-order valence-corrected chi connectivity index (χ3v) is 8.81. The Kier molecular flexibility index (Phi) is 19.7. The highest BCUT2D eigenvalue weighted by molar-refractivity contribution is 5.65. The fourth-order valence-electron chi connectivity index (χ4n) is 5.90. The van der Waals surface area contributed by atoms with E-state index >= 15 is 0 Å². The van der Waals surface area contributed by atoms with Crippen LogP contribution in [0.4, 0.5) is 5.69 Å². The SMILES string of the molecule is CCCCCCCCCCCC[N+](C)(C)CCCCCCCCCCCCOc1ccc(-c2ccc([N+](=O)[O-])cc2)cc1. The van der Waals surface area contributed by atoms with Gasteiger partial charge in [-0.2, -0.15) is 0 Å². The van der Waals surface area contributed by atoms with Crippen LogP contribution in [0.2, 0.25) is 0 Å². The van der Waals surface area contributed by atoms with Crippen molar-refractivity contribution in [1.29, 1.82) is 0 Å². The number of ether oxygens (including phenoxy) is 1. The summed E-state index contributed by atoms with van der Waals surface area (Å²) in [5.74, 6) is 0.881. The fourth-order valence-corrected chi connectivity index (χ4v) is 5.90. The zero-order chi connectivity index (χ0) is 31.0. The highest BCUT2D eigenvalue weighted by atomic mass is 16.6. The number of benzene rings is 2. The van der Waals surface area contributed by atoms with E-state index in [1.807, 2.05) is 24.3 Å². The molecular formula is C38H63N2O3+. The van der Waals surface area contributed by atoms with Crippen LogP contribution < -0.4 is 4.74 Å². The van der Waals surface area contributed by atoms with Gasteiger partial charge in [0.2, 0.25) is 0 Å². The predicted molar refractivity (Wildman–Crippen MR) is 184 cm³/mol. The van der Waals surface area contributed by atoms with Gasteiger partial charge in [-0.15, -0.1) is 0 Å². The van der Waals surface area contributed by atoms with E-state index in [-0.39, 0.29) is 10.6 Å². The van der Waals surface area contributed by atoms with Crippen molar-refractivity contribution in [3.8, 4) is 16.9 Å². The quantitative estimate of drug-likeness (QED) is 0.0447. The third kappa shape index (κ3) is 18.1. The topological polar surface area (TPSA) is 52.4 Å². The fraction of sp³-hybridized carbons (Fsp3) is 0.684. The maximum absolute atomic E-state index is 10.8. The minimum Gasteiger partial charge on any atom is -0.494 e. The Morgan fingerprint density at radius 2 is 0.930 bits per heavy atom. The zero-order valence-electron chi connectivity index (χ0n) is 28.0. The van der Waals surface area contributed by atoms with Crippen molar-refractivity contribution < 1.29 is 14.1 Å². The second-order valence-corrected chi connectivity index (χ2v) is 13.3. The number of unbranched alkanes of at least 4 members (excludes halogenated alkanes) is 18. The molecule has 0 bridgehead atoms. The molecule has 43 heavy (non-hydrogen) atoms. The molecule has 0 aromatic heterocycles. The van der Waals surface area contributed by atoms with Gasteiger partial charge in [0.15, 0.2) is 0 Å². The molecule has 2 aromatic rings. The maximum Gasteiger partial charge on any atom is 0.269 e. The van der Waals surface area contributed by atoms with E-state index in [0.29, 0.717) is 0 Å². The van der Waals surface area contributed by atoms with Crippen LogP contribution >= 0.6 is 0 Å². The molecule has 0 saturated carbocycles. The van der Waals surface area contributed by atoms with Gasteiger partial charge in [0.05, 0.1) is 38.7 Å². The average Bonchev–Trinajstić information content (AvgIpc) is 3.00. The van der Waals surface area contributed by atoms with E-state index in [9.17, 15) is 10.1 Å². The zero-order valence-corrected chi connectivity index (χ0v) is 28.0. The van der Waals surface area contributed by atoms with Gasteiger partial charge >= 0.3 is 0 Å². The van der Waals surface area contributed by atoms with E-state index in [0.717, 1.165) is 29.9 Å². The standard InChI is InChI=1S/C38H63N2O3/c1-4-5-6-7-8-9-12-15-18-21-32-40(2,3)33-22-19-16-13-10-11-14-17-20-23-34-43-38-30-26-36(27-31-38)35-24-28-37(29-25-35)39(41)42/h24-31H,4-23,32-34H2,1-3H3/q+1. The highest BCUT2D eigenvalue weighted by Crippen LogP contribution is 2.25. The molecule has 0 heterocycles. The number of quaternary nitrogens is 1. The van der Waals surface area contributed by atoms with Crippen molar-refractivity contribution in [2.45, 2.75) is 135 Å². The van der Waals surface area contributed by atoms with E-state index < -0.39 is 0 Å². The van der Waals surface area contributed by atoms with Gasteiger partial charge in [0, 0.05) is 12.1 Å². The molecule has 2 aromatic carbocycles. The molecule has 0 spiro atoms. The Labute approximate surface area is 264 Å². The summed E-state index contributed by atoms with van der Waals surface area (Å²) in [7, 11) is 4.86. The van der Waals surface area contributed by atoms with Crippen LogP contribution in [0.15, 0.2) is 48.5 Å². The normalized spacial score (nSPS) is 11.6. The molecule has 0 unspecified atom stereocenters. The Hall–Kier alpha value is -2.40. The minimum atomic E-state index is -0.372. The van der Waals surface area contributed by atoms with E-state index in [2.05, 4.69) is 21.0 Å². The first-order valence-electron chi connectivity index (χ1n) is 17.7. The van der Waals surface area contributed by atoms with Gasteiger partial charge in [0.1, 0.15) is 5.75 Å². The van der Waals surface area contributed by atoms with Crippen molar-refractivity contribution in [2.75, 3.05) is 33.8 Å². The number of hydrogen-bond donors (Lipinski definition) is 0. The number of nitrogens with zero attached hydrogens (tertiary/aromatic N) is 2. The molecule has 2 rings (SSSR count). The molecule has 0 N–H and O–H groups in total. The largest absolute Gasteiger partial charge is 0.494 e. The van der Waals surface area contributed by atoms with E-state index in [1.165, 1.54) is 140 Å². The molecule has 0 radical (unpaired) electrons. The average molecular weight is 596 g/mol. The van der Waals surface area contributed by atoms with Gasteiger partial charge in [-0.25, -0.2) is 0 Å². The predicted octanol–water partition coefficient (Wildman–Crippen LogP) is 11.5. The number of nitro groups is 1. The summed E-state index contributed by atoms with van der Waals surface area (Å²) >= 11 is 0. The van der Waals surface area contributed by atoms with Gasteiger partial charge in [0.25, 0.3) is 5.69 Å². The first-order chi connectivity index (χ1) is 20.9. The number of non-ortho nitro benzene ring substituents is 1. The molecule has 0 atom stereocenters. The molecular weight excluding hydrogens is 532 g/mol. The second kappa shape index (κ2) is 23.0. The molecule has 0 aliphatic rings. The summed E-state index contributed by atoms with van der Waals surface area (Å²) in [6.07, 6.45) is 27.5. The summed E-state index contributed by atoms with van der Waals surface area (Å²) in [5.41, 5.74) is 2.11. The molecule has 0 saturated heterocycles. The Balaban J connectivity index is 1.36. The van der Waals surface area contributed by atoms with Gasteiger partial charge in [-0.05, 0) is 67.5 Å². The summed E-state index contributed by atoms with van der Waals surface area (Å²) in [6, 6.07) is 14.6. The van der Waals surface area contributed by atoms with Crippen LogP contribution in [-0.2, 0) is 0 Å². The van der Waals surface area contributed by atoms with Gasteiger partial charge < -0.3 is 9.22 Å². The summed E-state index contributed by atoms with van der Waals surface area (Å²) < 4.78 is 7.12. The lowest BCUT2D eigenvalue weighted by atomic mass is 10.1. The second-order valence-electron chi connectivity index (χ2n) is 13.3. The lowest BCUT2D eigenvalue weighted by Crippen LogP contribution is -2.41. The van der Waals surface area contributed by atoms with Crippen molar-refractivity contribution in [1.82, 2.24) is 0 Å². The van der Waals surface area contributed by atoms with Crippen LogP contribution in [0.25, 0.3) is 11.1 Å². The van der Waals surface area contributed by atoms with Crippen LogP contribution in [0.3, 0.4) is 0 Å². The van der Waals surface area contributed by atoms with Crippen molar-refractivity contribution >= 4 is 5.69 Å². The third-order valence-electron chi connectivity index (χ3n) is 8.81. The van der Waals surface area contributed by atoms with Crippen molar-refractivity contribution in [3.63, 3.8) is 0 Å². The molecule has 5 nitrogen and oxygen atoms in total. The Bertz CT molecular complexity index is 956. The summed E-state index contributed by atoms with van der Waals surface area (Å²) in [5, 5.41) is 10.8. The van der Waals surface area contributed by atoms with Crippen molar-refractivity contribution in [3.05, 3.63) is 58.6 Å². The molecule has 242 valence electrons. The Morgan fingerprint density at radius 3 is 1.35 bits per heavy atom. The molecule has 0 fully saturated rings. The summed E-state index contributed by atoms with van der Waals surface area (Å²) in [6.45, 7) is 5.73. The first-order valence-corrected chi connectivity index (χ1v) is 17.7. The first kappa shape index (κ1) is 36.8. The highest BCUT2D eigenvalue weighted by Gasteiger charge is 2.13. The Morgan fingerprint density at radius 1 is 0.558 bits per heavy atom. The van der Waals surface area contributed by atoms with Gasteiger partial charge in [-0.3, -0.25) is 10.1 Å². The lowest BCUT2D eigenvalue weighted by Gasteiger charge is -2.30. The monoisotopic (exact) mass is 595 g/mol. The smallest absolute Gasteiger partial charge is 0.269 e. The lowest BCUT2D eigenvalue weighted by molar-refractivity contribution is -0.890. The van der Waals surface area contributed by atoms with Crippen LogP contribution in [0, 0.1) is 10.1 Å². The number of nitro benzene ring substituents is 1. The van der Waals surface area contributed by atoms with Crippen molar-refractivity contribution in [2.24, 2.45) is 0 Å². The summed E-state index contributed by atoms with van der Waals surface area (Å²) in [4.78, 5) is 10.5. The molecule has 5 heteroatoms. The number of hydrogen-bond acceptors (Lipinski definition) is 3. The van der Waals surface area contributed by atoms with Crippen LogP contribution in [0.1, 0.15) is 135 Å². The minimum absolute atomic E-state index is 0.114.